The highest BCUT2D eigenvalue weighted by Gasteiger charge is 2.17. The summed E-state index contributed by atoms with van der Waals surface area (Å²) in [6.45, 7) is 2.55. The average Bonchev–Trinajstić information content (AvgIpc) is 3.29. The molecule has 1 aliphatic heterocycles. The first-order chi connectivity index (χ1) is 14.7. The lowest BCUT2D eigenvalue weighted by atomic mass is 10.2. The predicted molar refractivity (Wildman–Crippen MR) is 124 cm³/mol. The predicted octanol–water partition coefficient (Wildman–Crippen LogP) is 4.16. The molecule has 2 N–H and O–H groups in total. The van der Waals surface area contributed by atoms with Gasteiger partial charge in [-0.25, -0.2) is 15.0 Å². The van der Waals surface area contributed by atoms with E-state index in [1.54, 1.807) is 18.5 Å². The van der Waals surface area contributed by atoms with Crippen molar-refractivity contribution in [2.45, 2.75) is 29.6 Å². The van der Waals surface area contributed by atoms with Crippen LogP contribution in [0.2, 0.25) is 5.02 Å². The summed E-state index contributed by atoms with van der Waals surface area (Å²) in [7, 11) is 0. The molecule has 3 aromatic rings. The molecule has 1 aromatic carbocycles. The van der Waals surface area contributed by atoms with E-state index in [2.05, 4.69) is 35.5 Å². The number of halogens is 1. The monoisotopic (exact) mass is 457 g/mol. The second kappa shape index (κ2) is 10.0. The molecule has 0 amide bonds. The van der Waals surface area contributed by atoms with E-state index in [0.29, 0.717) is 27.8 Å². The van der Waals surface area contributed by atoms with Crippen LogP contribution in [0.15, 0.2) is 59.0 Å². The zero-order valence-corrected chi connectivity index (χ0v) is 18.5. The van der Waals surface area contributed by atoms with Crippen LogP contribution < -0.4 is 15.5 Å². The van der Waals surface area contributed by atoms with Crippen molar-refractivity contribution in [3.05, 3.63) is 59.4 Å². The van der Waals surface area contributed by atoms with Crippen LogP contribution in [-0.4, -0.2) is 38.1 Å². The standard InChI is InChI=1S/C20H20ClN7S2/c21-15-6-4-14(5-7-15)13-24-19(29)27-18-25-16(28-10-1-2-11-28)12-17(26-18)30-20-22-8-3-9-23-20/h3-9,12H,1-2,10-11,13H2,(H2,24,25,26,27,29). The largest absolute Gasteiger partial charge is 0.358 e. The molecule has 2 aromatic heterocycles. The van der Waals surface area contributed by atoms with Crippen molar-refractivity contribution >= 4 is 52.5 Å². The van der Waals surface area contributed by atoms with E-state index < -0.39 is 0 Å². The van der Waals surface area contributed by atoms with Crippen molar-refractivity contribution in [1.82, 2.24) is 25.3 Å². The number of hydrogen-bond donors (Lipinski definition) is 2. The molecule has 0 spiro atoms. The number of benzene rings is 1. The van der Waals surface area contributed by atoms with E-state index in [1.807, 2.05) is 30.3 Å². The van der Waals surface area contributed by atoms with Gasteiger partial charge in [0.15, 0.2) is 10.3 Å². The van der Waals surface area contributed by atoms with Crippen LogP contribution in [0.25, 0.3) is 0 Å². The summed E-state index contributed by atoms with van der Waals surface area (Å²) in [4.78, 5) is 20.1. The quantitative estimate of drug-likeness (QED) is 0.322. The third kappa shape index (κ3) is 5.78. The number of hydrogen-bond acceptors (Lipinski definition) is 7. The number of anilines is 2. The molecular weight excluding hydrogens is 438 g/mol. The fraction of sp³-hybridized carbons (Fsp3) is 0.250. The Labute approximate surface area is 189 Å². The molecule has 0 aliphatic carbocycles. The van der Waals surface area contributed by atoms with Gasteiger partial charge in [0.25, 0.3) is 0 Å². The number of thiocarbonyl (C=S) groups is 1. The lowest BCUT2D eigenvalue weighted by Crippen LogP contribution is -2.29. The van der Waals surface area contributed by atoms with Gasteiger partial charge in [0, 0.05) is 43.1 Å². The molecule has 7 nitrogen and oxygen atoms in total. The van der Waals surface area contributed by atoms with Crippen molar-refractivity contribution in [2.75, 3.05) is 23.3 Å². The first-order valence-corrected chi connectivity index (χ1v) is 11.1. The highest BCUT2D eigenvalue weighted by atomic mass is 35.5. The molecule has 3 heterocycles. The van der Waals surface area contributed by atoms with E-state index in [9.17, 15) is 0 Å². The Kier molecular flexibility index (Phi) is 6.93. The number of rotatable bonds is 6. The number of aromatic nitrogens is 4. The third-order valence-corrected chi connectivity index (χ3v) is 5.76. The third-order valence-electron chi connectivity index (χ3n) is 4.45. The second-order valence-electron chi connectivity index (χ2n) is 6.65. The zero-order chi connectivity index (χ0) is 20.8. The van der Waals surface area contributed by atoms with Gasteiger partial charge < -0.3 is 15.5 Å². The Morgan fingerprint density at radius 2 is 1.83 bits per heavy atom. The first kappa shape index (κ1) is 20.8. The Morgan fingerprint density at radius 1 is 1.10 bits per heavy atom. The first-order valence-electron chi connectivity index (χ1n) is 9.54. The van der Waals surface area contributed by atoms with Crippen molar-refractivity contribution in [3.63, 3.8) is 0 Å². The van der Waals surface area contributed by atoms with Crippen LogP contribution in [0.5, 0.6) is 0 Å². The highest BCUT2D eigenvalue weighted by molar-refractivity contribution is 7.99. The fourth-order valence-electron chi connectivity index (χ4n) is 2.99. The Morgan fingerprint density at radius 3 is 2.57 bits per heavy atom. The smallest absolute Gasteiger partial charge is 0.232 e. The SMILES string of the molecule is S=C(NCc1ccc(Cl)cc1)Nc1nc(Sc2ncccn2)cc(N2CCCC2)n1. The normalized spacial score (nSPS) is 13.3. The molecule has 0 radical (unpaired) electrons. The molecule has 0 saturated carbocycles. The fourth-order valence-corrected chi connectivity index (χ4v) is 3.99. The van der Waals surface area contributed by atoms with Crippen LogP contribution in [0.1, 0.15) is 18.4 Å². The minimum atomic E-state index is 0.450. The second-order valence-corrected chi connectivity index (χ2v) is 8.48. The van der Waals surface area contributed by atoms with Crippen molar-refractivity contribution in [1.29, 1.82) is 0 Å². The van der Waals surface area contributed by atoms with Crippen LogP contribution in [0.3, 0.4) is 0 Å². The van der Waals surface area contributed by atoms with Crippen LogP contribution in [0.4, 0.5) is 11.8 Å². The Bertz CT molecular complexity index is 996. The molecular formula is C20H20ClN7S2. The number of nitrogens with one attached hydrogen (secondary N) is 2. The van der Waals surface area contributed by atoms with Gasteiger partial charge in [0.1, 0.15) is 10.8 Å². The van der Waals surface area contributed by atoms with E-state index in [1.165, 1.54) is 11.8 Å². The van der Waals surface area contributed by atoms with E-state index in [4.69, 9.17) is 23.8 Å². The molecule has 10 heteroatoms. The lowest BCUT2D eigenvalue weighted by Gasteiger charge is -2.18. The summed E-state index contributed by atoms with van der Waals surface area (Å²) in [5, 5.41) is 8.85. The Balaban J connectivity index is 1.47. The van der Waals surface area contributed by atoms with Gasteiger partial charge in [0.05, 0.1) is 0 Å². The molecule has 154 valence electrons. The van der Waals surface area contributed by atoms with Gasteiger partial charge in [0.2, 0.25) is 5.95 Å². The summed E-state index contributed by atoms with van der Waals surface area (Å²) in [6, 6.07) is 11.4. The van der Waals surface area contributed by atoms with Gasteiger partial charge in [-0.2, -0.15) is 4.98 Å². The average molecular weight is 458 g/mol. The maximum Gasteiger partial charge on any atom is 0.232 e. The van der Waals surface area contributed by atoms with E-state index >= 15 is 0 Å². The van der Waals surface area contributed by atoms with E-state index in [0.717, 1.165) is 42.3 Å². The minimum Gasteiger partial charge on any atom is -0.358 e. The summed E-state index contributed by atoms with van der Waals surface area (Å²) in [5.74, 6) is 1.33. The van der Waals surface area contributed by atoms with Gasteiger partial charge in [-0.1, -0.05) is 23.7 Å². The molecule has 1 fully saturated rings. The molecule has 1 saturated heterocycles. The van der Waals surface area contributed by atoms with Gasteiger partial charge in [-0.05, 0) is 60.6 Å². The summed E-state index contributed by atoms with van der Waals surface area (Å²) in [6.07, 6.45) is 5.76. The van der Waals surface area contributed by atoms with Gasteiger partial charge >= 0.3 is 0 Å². The van der Waals surface area contributed by atoms with Crippen molar-refractivity contribution in [2.24, 2.45) is 0 Å². The Hall–Kier alpha value is -2.49. The summed E-state index contributed by atoms with van der Waals surface area (Å²) >= 11 is 12.8. The highest BCUT2D eigenvalue weighted by Crippen LogP contribution is 2.28. The molecule has 4 rings (SSSR count). The summed E-state index contributed by atoms with van der Waals surface area (Å²) in [5.41, 5.74) is 1.08. The van der Waals surface area contributed by atoms with E-state index in [-0.39, 0.29) is 0 Å². The van der Waals surface area contributed by atoms with Crippen LogP contribution in [-0.2, 0) is 6.54 Å². The molecule has 0 unspecified atom stereocenters. The van der Waals surface area contributed by atoms with Crippen LogP contribution in [0, 0.1) is 0 Å². The minimum absolute atomic E-state index is 0.450. The lowest BCUT2D eigenvalue weighted by molar-refractivity contribution is 0.900. The van der Waals surface area contributed by atoms with Gasteiger partial charge in [-0.3, -0.25) is 0 Å². The topological polar surface area (TPSA) is 78.9 Å². The van der Waals surface area contributed by atoms with Crippen molar-refractivity contribution < 1.29 is 0 Å². The molecule has 1 aliphatic rings. The zero-order valence-electron chi connectivity index (χ0n) is 16.1. The molecule has 30 heavy (non-hydrogen) atoms. The van der Waals surface area contributed by atoms with Gasteiger partial charge in [-0.15, -0.1) is 0 Å². The maximum absolute atomic E-state index is 5.93. The number of nitrogens with zero attached hydrogens (tertiary/aromatic N) is 5. The summed E-state index contributed by atoms with van der Waals surface area (Å²) < 4.78 is 0. The molecule has 0 atom stereocenters. The van der Waals surface area contributed by atoms with Crippen molar-refractivity contribution in [3.8, 4) is 0 Å². The van der Waals surface area contributed by atoms with Crippen LogP contribution >= 0.6 is 35.6 Å². The maximum atomic E-state index is 5.93. The molecule has 0 bridgehead atoms.